The van der Waals surface area contributed by atoms with Crippen molar-refractivity contribution in [3.63, 3.8) is 0 Å². The summed E-state index contributed by atoms with van der Waals surface area (Å²) in [6.07, 6.45) is 0. The molecule has 1 aromatic carbocycles. The molecule has 0 amide bonds. The fraction of sp³-hybridized carbons (Fsp3) is 0.333. The summed E-state index contributed by atoms with van der Waals surface area (Å²) in [7, 11) is -1.98. The van der Waals surface area contributed by atoms with Crippen molar-refractivity contribution in [3.05, 3.63) is 34.9 Å². The molecule has 1 radical (unpaired) electrons. The minimum atomic E-state index is -1.98. The summed E-state index contributed by atoms with van der Waals surface area (Å²) in [6, 6.07) is 5.78. The molecule has 0 aliphatic rings. The Labute approximate surface area is 106 Å². The predicted octanol–water partition coefficient (Wildman–Crippen LogP) is 2.11. The van der Waals surface area contributed by atoms with Crippen molar-refractivity contribution >= 4 is 10.7 Å². The molecule has 0 atom stereocenters. The van der Waals surface area contributed by atoms with Crippen LogP contribution in [0.25, 0.3) is 0 Å². The van der Waals surface area contributed by atoms with E-state index in [-0.39, 0.29) is 38.5 Å². The van der Waals surface area contributed by atoms with Crippen LogP contribution in [0.3, 0.4) is 0 Å². The van der Waals surface area contributed by atoms with Gasteiger partial charge in [0.15, 0.2) is 0 Å². The zero-order chi connectivity index (χ0) is 9.14. The maximum absolute atomic E-state index is 10.4. The van der Waals surface area contributed by atoms with Gasteiger partial charge in [-0.15, -0.1) is 0 Å². The first-order valence-corrected chi connectivity index (χ1v) is 4.96. The van der Waals surface area contributed by atoms with Crippen molar-refractivity contribution in [2.45, 2.75) is 19.6 Å². The quantitative estimate of drug-likeness (QED) is 0.773. The Morgan fingerprint density at radius 3 is 2.31 bits per heavy atom. The molecule has 0 saturated heterocycles. The molecule has 0 unspecified atom stereocenters. The first-order valence-electron chi connectivity index (χ1n) is 3.71. The molecule has 1 rings (SSSR count). The molecule has 0 bridgehead atoms. The van der Waals surface area contributed by atoms with E-state index in [9.17, 15) is 8.42 Å². The molecular formula is C9H11O2SY-. The molecule has 1 aromatic rings. The second kappa shape index (κ2) is 5.89. The third-order valence-electron chi connectivity index (χ3n) is 1.77. The zero-order valence-electron chi connectivity index (χ0n) is 7.74. The Hall–Kier alpha value is 0.274. The third-order valence-corrected chi connectivity index (χ3v) is 2.32. The molecule has 0 saturated carbocycles. The largest absolute Gasteiger partial charge is 0.424 e. The Morgan fingerprint density at radius 1 is 1.23 bits per heavy atom. The standard InChI is InChI=1S/C9H11O2S.Y/c1-7-3-4-9(6-12(10)11)8(2)5-7;/h3-5H,6H2,1-2H3;/q-1;. The van der Waals surface area contributed by atoms with Gasteiger partial charge in [-0.3, -0.25) is 0 Å². The SMILES string of the molecule is Cc1ccc(C[S-](=O)=O)c(C)c1.[Y]. The van der Waals surface area contributed by atoms with E-state index in [0.717, 1.165) is 16.7 Å². The van der Waals surface area contributed by atoms with Gasteiger partial charge in [-0.25, -0.2) is 0 Å². The van der Waals surface area contributed by atoms with Crippen molar-refractivity contribution < 1.29 is 41.1 Å². The van der Waals surface area contributed by atoms with Crippen LogP contribution in [0, 0.1) is 13.8 Å². The second-order valence-corrected chi connectivity index (χ2v) is 3.77. The van der Waals surface area contributed by atoms with Crippen LogP contribution in [-0.4, -0.2) is 0 Å². The Bertz CT molecular complexity index is 351. The number of aryl methyl sites for hydroxylation is 2. The summed E-state index contributed by atoms with van der Waals surface area (Å²) < 4.78 is 20.8. The van der Waals surface area contributed by atoms with Crippen LogP contribution in [0.5, 0.6) is 0 Å². The summed E-state index contributed by atoms with van der Waals surface area (Å²) in [5.41, 5.74) is 3.08. The Kier molecular flexibility index (Phi) is 6.01. The maximum Gasteiger partial charge on any atom is 0 e. The summed E-state index contributed by atoms with van der Waals surface area (Å²) >= 11 is 0. The molecule has 4 heteroatoms. The van der Waals surface area contributed by atoms with Crippen LogP contribution in [0.15, 0.2) is 18.2 Å². The van der Waals surface area contributed by atoms with Crippen LogP contribution >= 0.6 is 0 Å². The summed E-state index contributed by atoms with van der Waals surface area (Å²) in [6.45, 7) is 3.92. The van der Waals surface area contributed by atoms with E-state index in [1.54, 1.807) is 0 Å². The molecule has 0 aliphatic carbocycles. The first kappa shape index (κ1) is 13.3. The van der Waals surface area contributed by atoms with Gasteiger partial charge in [0.2, 0.25) is 0 Å². The van der Waals surface area contributed by atoms with E-state index in [4.69, 9.17) is 0 Å². The van der Waals surface area contributed by atoms with Crippen LogP contribution in [0.2, 0.25) is 0 Å². The number of benzene rings is 1. The normalized spacial score (nSPS) is 9.77. The molecule has 0 fully saturated rings. The number of hydrogen-bond acceptors (Lipinski definition) is 3. The van der Waals surface area contributed by atoms with Crippen LogP contribution < -0.4 is 0 Å². The van der Waals surface area contributed by atoms with Crippen molar-refractivity contribution in [1.29, 1.82) is 0 Å². The summed E-state index contributed by atoms with van der Waals surface area (Å²) in [5.74, 6) is 0.117. The van der Waals surface area contributed by atoms with Crippen molar-refractivity contribution in [2.24, 2.45) is 0 Å². The second-order valence-electron chi connectivity index (χ2n) is 2.88. The third kappa shape index (κ3) is 4.34. The van der Waals surface area contributed by atoms with E-state index < -0.39 is 10.7 Å². The van der Waals surface area contributed by atoms with E-state index in [2.05, 4.69) is 0 Å². The molecule has 13 heavy (non-hydrogen) atoms. The fourth-order valence-electron chi connectivity index (χ4n) is 1.13. The van der Waals surface area contributed by atoms with E-state index >= 15 is 0 Å². The van der Waals surface area contributed by atoms with Gasteiger partial charge in [0, 0.05) is 32.7 Å². The van der Waals surface area contributed by atoms with Crippen LogP contribution in [-0.2, 0) is 57.6 Å². The van der Waals surface area contributed by atoms with Gasteiger partial charge in [-0.2, -0.15) is 0 Å². The molecule has 0 heterocycles. The number of rotatable bonds is 2. The van der Waals surface area contributed by atoms with Gasteiger partial charge < -0.3 is 8.42 Å². The molecule has 0 aliphatic heterocycles. The van der Waals surface area contributed by atoms with E-state index in [0.29, 0.717) is 0 Å². The van der Waals surface area contributed by atoms with E-state index in [1.807, 2.05) is 32.0 Å². The minimum Gasteiger partial charge on any atom is -0.424 e. The van der Waals surface area contributed by atoms with E-state index in [1.165, 1.54) is 0 Å². The van der Waals surface area contributed by atoms with Crippen molar-refractivity contribution in [2.75, 3.05) is 0 Å². The van der Waals surface area contributed by atoms with Crippen LogP contribution in [0.4, 0.5) is 0 Å². The predicted molar refractivity (Wildman–Crippen MR) is 48.4 cm³/mol. The maximum atomic E-state index is 10.4. The zero-order valence-corrected chi connectivity index (χ0v) is 11.4. The van der Waals surface area contributed by atoms with Crippen LogP contribution in [0.1, 0.15) is 16.7 Å². The smallest absolute Gasteiger partial charge is 0 e. The topological polar surface area (TPSA) is 34.1 Å². The molecular weight excluding hydrogens is 261 g/mol. The minimum absolute atomic E-state index is 0. The molecule has 2 nitrogen and oxygen atoms in total. The Balaban J connectivity index is 0.00000144. The molecule has 69 valence electrons. The summed E-state index contributed by atoms with van der Waals surface area (Å²) in [4.78, 5) is 0. The molecule has 0 aromatic heterocycles. The Morgan fingerprint density at radius 2 is 1.85 bits per heavy atom. The number of hydrogen-bond donors (Lipinski definition) is 0. The van der Waals surface area contributed by atoms with Gasteiger partial charge in [-0.05, 0) is 25.2 Å². The van der Waals surface area contributed by atoms with Gasteiger partial charge in [0.1, 0.15) is 0 Å². The van der Waals surface area contributed by atoms with Crippen molar-refractivity contribution in [1.82, 2.24) is 0 Å². The fourth-order valence-corrected chi connectivity index (χ4v) is 1.71. The average molecular weight is 272 g/mol. The van der Waals surface area contributed by atoms with Crippen molar-refractivity contribution in [3.8, 4) is 0 Å². The average Bonchev–Trinajstić information content (AvgIpc) is 1.94. The van der Waals surface area contributed by atoms with Gasteiger partial charge in [0.25, 0.3) is 0 Å². The van der Waals surface area contributed by atoms with Gasteiger partial charge in [0.05, 0.1) is 0 Å². The molecule has 0 spiro atoms. The van der Waals surface area contributed by atoms with Gasteiger partial charge >= 0.3 is 0 Å². The first-order chi connectivity index (χ1) is 5.59. The monoisotopic (exact) mass is 272 g/mol. The summed E-state index contributed by atoms with van der Waals surface area (Å²) in [5, 5.41) is 0. The molecule has 0 N–H and O–H groups in total. The van der Waals surface area contributed by atoms with Gasteiger partial charge in [-0.1, -0.05) is 40.0 Å².